The van der Waals surface area contributed by atoms with E-state index in [1.165, 1.54) is 6.07 Å². The minimum absolute atomic E-state index is 0.231. The second-order valence-corrected chi connectivity index (χ2v) is 4.85. The predicted molar refractivity (Wildman–Crippen MR) is 86.2 cm³/mol. The molecular weight excluding hydrogens is 320 g/mol. The first-order valence-corrected chi connectivity index (χ1v) is 6.47. The van der Waals surface area contributed by atoms with Crippen molar-refractivity contribution in [3.63, 3.8) is 0 Å². The van der Waals surface area contributed by atoms with Crippen LogP contribution in [0.1, 0.15) is 5.56 Å². The molecule has 11 heteroatoms. The highest BCUT2D eigenvalue weighted by atomic mass is 16.6. The maximum Gasteiger partial charge on any atom is 0.325 e. The van der Waals surface area contributed by atoms with E-state index in [0.717, 1.165) is 6.08 Å². The summed E-state index contributed by atoms with van der Waals surface area (Å²) in [7, 11) is 0. The molecule has 0 radical (unpaired) electrons. The van der Waals surface area contributed by atoms with E-state index in [0.29, 0.717) is 23.0 Å². The fourth-order valence-corrected chi connectivity index (χ4v) is 1.87. The number of carbonyl (C=O) groups is 1. The average Bonchev–Trinajstić information content (AvgIpc) is 2.50. The van der Waals surface area contributed by atoms with E-state index in [9.17, 15) is 25.0 Å². The molecule has 5 N–H and O–H groups in total. The fourth-order valence-electron chi connectivity index (χ4n) is 1.87. The van der Waals surface area contributed by atoms with Crippen LogP contribution in [0.25, 0.3) is 0 Å². The Morgan fingerprint density at radius 2 is 1.75 bits per heavy atom. The summed E-state index contributed by atoms with van der Waals surface area (Å²) >= 11 is 0. The van der Waals surface area contributed by atoms with E-state index >= 15 is 0 Å². The monoisotopic (exact) mass is 332 g/mol. The van der Waals surface area contributed by atoms with Crippen LogP contribution in [-0.4, -0.2) is 21.3 Å². The minimum atomic E-state index is -1.05. The van der Waals surface area contributed by atoms with Gasteiger partial charge in [-0.15, -0.1) is 0 Å². The predicted octanol–water partition coefficient (Wildman–Crippen LogP) is 0.831. The van der Waals surface area contributed by atoms with Crippen LogP contribution in [0, 0.1) is 27.2 Å². The van der Waals surface area contributed by atoms with Crippen LogP contribution in [0.15, 0.2) is 40.8 Å². The number of nitrogens with two attached hydrogens (primary N) is 2. The summed E-state index contributed by atoms with van der Waals surface area (Å²) in [5.74, 6) is -1.05. The highest BCUT2D eigenvalue weighted by molar-refractivity contribution is 6.50. The number of Topliss-reactive ketones (excluding diaryl/α,β-unsaturated/α-hetero) is 1. The first kappa shape index (κ1) is 16.6. The number of nitrogens with zero attached hydrogens (tertiary/aromatic N) is 3. The van der Waals surface area contributed by atoms with Crippen molar-refractivity contribution in [3.8, 4) is 0 Å². The van der Waals surface area contributed by atoms with E-state index in [-0.39, 0.29) is 5.69 Å². The first-order valence-electron chi connectivity index (χ1n) is 6.47. The van der Waals surface area contributed by atoms with Crippen LogP contribution < -0.4 is 16.9 Å². The number of anilines is 3. The van der Waals surface area contributed by atoms with Gasteiger partial charge in [0.15, 0.2) is 0 Å². The fraction of sp³-hybridized carbons (Fsp3) is 0.0769. The molecule has 0 atom stereocenters. The second-order valence-electron chi connectivity index (χ2n) is 4.85. The van der Waals surface area contributed by atoms with Gasteiger partial charge in [-0.3, -0.25) is 30.4 Å². The van der Waals surface area contributed by atoms with Crippen molar-refractivity contribution >= 4 is 28.6 Å². The maximum atomic E-state index is 12.0. The topological polar surface area (TPSA) is 180 Å². The van der Waals surface area contributed by atoms with Gasteiger partial charge in [0.25, 0.3) is 11.5 Å². The van der Waals surface area contributed by atoms with Gasteiger partial charge in [0.05, 0.1) is 27.3 Å². The lowest BCUT2D eigenvalue weighted by molar-refractivity contribution is -0.430. The van der Waals surface area contributed by atoms with Crippen molar-refractivity contribution in [2.45, 2.75) is 6.92 Å². The molecule has 1 aromatic carbocycles. The van der Waals surface area contributed by atoms with Crippen LogP contribution in [0.2, 0.25) is 0 Å². The van der Waals surface area contributed by atoms with Gasteiger partial charge >= 0.3 is 5.70 Å². The third-order valence-corrected chi connectivity index (χ3v) is 3.18. The van der Waals surface area contributed by atoms with Crippen LogP contribution in [0.3, 0.4) is 0 Å². The molecule has 0 bridgehead atoms. The third-order valence-electron chi connectivity index (χ3n) is 3.18. The summed E-state index contributed by atoms with van der Waals surface area (Å²) in [5.41, 5.74) is 13.5. The van der Waals surface area contributed by atoms with Gasteiger partial charge in [0, 0.05) is 11.8 Å². The molecule has 1 aliphatic rings. The Labute approximate surface area is 134 Å². The van der Waals surface area contributed by atoms with Gasteiger partial charge in [0.2, 0.25) is 0 Å². The quantitative estimate of drug-likeness (QED) is 0.313. The van der Waals surface area contributed by atoms with E-state index in [2.05, 4.69) is 10.5 Å². The number of nitrogens with one attached hydrogen (secondary N) is 1. The van der Waals surface area contributed by atoms with E-state index in [4.69, 9.17) is 11.5 Å². The summed E-state index contributed by atoms with van der Waals surface area (Å²) in [4.78, 5) is 31.8. The molecule has 0 saturated carbocycles. The van der Waals surface area contributed by atoms with Crippen molar-refractivity contribution in [3.05, 3.63) is 61.5 Å². The van der Waals surface area contributed by atoms with Crippen molar-refractivity contribution in [2.24, 2.45) is 5.10 Å². The molecule has 0 heterocycles. The molecule has 0 fully saturated rings. The molecule has 24 heavy (non-hydrogen) atoms. The van der Waals surface area contributed by atoms with Gasteiger partial charge in [-0.2, -0.15) is 5.10 Å². The summed E-state index contributed by atoms with van der Waals surface area (Å²) < 4.78 is 0. The number of hydrogen-bond acceptors (Lipinski definition) is 9. The molecular formula is C13H12N6O5. The average molecular weight is 332 g/mol. The number of allylic oxidation sites excluding steroid dienone is 3. The molecule has 0 aliphatic heterocycles. The van der Waals surface area contributed by atoms with Gasteiger partial charge in [0.1, 0.15) is 5.71 Å². The minimum Gasteiger partial charge on any atom is -0.398 e. The number of hydrogen-bond donors (Lipinski definition) is 3. The lowest BCUT2D eigenvalue weighted by Crippen LogP contribution is -2.25. The normalized spacial score (nSPS) is 15.7. The zero-order valence-electron chi connectivity index (χ0n) is 12.3. The second kappa shape index (κ2) is 6.16. The zero-order valence-corrected chi connectivity index (χ0v) is 12.3. The Kier molecular flexibility index (Phi) is 4.26. The Bertz CT molecular complexity index is 855. The van der Waals surface area contributed by atoms with Crippen LogP contribution in [0.4, 0.5) is 17.1 Å². The Balaban J connectivity index is 2.40. The molecule has 11 nitrogen and oxygen atoms in total. The number of carbonyl (C=O) groups excluding carboxylic acids is 1. The Morgan fingerprint density at radius 3 is 2.33 bits per heavy atom. The molecule has 124 valence electrons. The van der Waals surface area contributed by atoms with Crippen LogP contribution in [0.5, 0.6) is 0 Å². The lowest BCUT2D eigenvalue weighted by Gasteiger charge is -2.10. The molecule has 0 unspecified atom stereocenters. The van der Waals surface area contributed by atoms with Crippen LogP contribution >= 0.6 is 0 Å². The maximum absolute atomic E-state index is 12.0. The molecule has 1 aromatic rings. The van der Waals surface area contributed by atoms with E-state index in [1.807, 2.05) is 0 Å². The van der Waals surface area contributed by atoms with E-state index < -0.39 is 32.7 Å². The highest BCUT2D eigenvalue weighted by Crippen LogP contribution is 2.25. The third kappa shape index (κ3) is 3.19. The molecule has 2 rings (SSSR count). The highest BCUT2D eigenvalue weighted by Gasteiger charge is 2.34. The Morgan fingerprint density at radius 1 is 1.08 bits per heavy atom. The number of ketones is 1. The molecule has 1 aliphatic carbocycles. The lowest BCUT2D eigenvalue weighted by atomic mass is 10.1. The van der Waals surface area contributed by atoms with Crippen molar-refractivity contribution < 1.29 is 14.6 Å². The number of aryl methyl sites for hydroxylation is 1. The summed E-state index contributed by atoms with van der Waals surface area (Å²) in [5, 5.41) is 25.4. The molecule has 0 amide bonds. The van der Waals surface area contributed by atoms with Crippen molar-refractivity contribution in [1.29, 1.82) is 0 Å². The molecule has 0 saturated heterocycles. The smallest absolute Gasteiger partial charge is 0.325 e. The van der Waals surface area contributed by atoms with Gasteiger partial charge in [-0.05, 0) is 24.6 Å². The Hall–Kier alpha value is -3.76. The number of rotatable bonds is 4. The molecule has 0 spiro atoms. The largest absolute Gasteiger partial charge is 0.398 e. The van der Waals surface area contributed by atoms with Crippen molar-refractivity contribution in [1.82, 2.24) is 0 Å². The van der Waals surface area contributed by atoms with Gasteiger partial charge < -0.3 is 11.5 Å². The summed E-state index contributed by atoms with van der Waals surface area (Å²) in [6.07, 6.45) is 1.42. The number of hydrazone groups is 1. The summed E-state index contributed by atoms with van der Waals surface area (Å²) in [6.45, 7) is 1.72. The van der Waals surface area contributed by atoms with Crippen LogP contribution in [-0.2, 0) is 4.79 Å². The SMILES string of the molecule is Cc1cc(N/N=C2\C=C([N+](=O)[O-])C=C([N+](=O)[O-])C2=O)c(N)cc1N. The number of benzene rings is 1. The van der Waals surface area contributed by atoms with Gasteiger partial charge in [-0.25, -0.2) is 0 Å². The standard InChI is InChI=1S/C13H12N6O5/c1-6-2-10(9(15)5-8(6)14)16-17-11-3-7(18(21)22)4-12(13(11)20)19(23)24/h2-5,16H,14-15H2,1H3/b17-11+. The van der Waals surface area contributed by atoms with E-state index in [1.54, 1.807) is 13.0 Å². The van der Waals surface area contributed by atoms with Crippen molar-refractivity contribution in [2.75, 3.05) is 16.9 Å². The number of nitrogen functional groups attached to an aromatic ring is 2. The first-order chi connectivity index (χ1) is 11.2. The number of nitro groups is 2. The zero-order chi connectivity index (χ0) is 18.0. The summed E-state index contributed by atoms with van der Waals surface area (Å²) in [6, 6.07) is 3.03. The van der Waals surface area contributed by atoms with Gasteiger partial charge in [-0.1, -0.05) is 0 Å². The molecule has 0 aromatic heterocycles.